The van der Waals surface area contributed by atoms with Gasteiger partial charge in [0.25, 0.3) is 10.0 Å². The molecule has 0 saturated carbocycles. The first kappa shape index (κ1) is 31.6. The summed E-state index contributed by atoms with van der Waals surface area (Å²) in [4.78, 5) is 31.5. The Hall–Kier alpha value is -4.38. The van der Waals surface area contributed by atoms with Gasteiger partial charge in [0, 0.05) is 44.2 Å². The van der Waals surface area contributed by atoms with Crippen LogP contribution in [0, 0.1) is 0 Å². The summed E-state index contributed by atoms with van der Waals surface area (Å²) in [7, 11) is -3.77. The smallest absolute Gasteiger partial charge is 0.261 e. The molecule has 1 fully saturated rings. The number of carbonyl (C=O) groups excluding carboxylic acids is 2. The Morgan fingerprint density at radius 3 is 2.22 bits per heavy atom. The zero-order valence-electron chi connectivity index (χ0n) is 25.2. The Morgan fingerprint density at radius 1 is 0.826 bits per heavy atom. The molecule has 2 aliphatic rings. The molecule has 2 aliphatic heterocycles. The molecular weight excluding hydrogens is 622 g/mol. The number of sulfonamides is 1. The Kier molecular flexibility index (Phi) is 9.58. The number of benzene rings is 4. The molecule has 9 nitrogen and oxygen atoms in total. The van der Waals surface area contributed by atoms with Gasteiger partial charge in [0.2, 0.25) is 11.8 Å². The number of hydrogen-bond acceptors (Lipinski definition) is 6. The number of nitrogens with one attached hydrogen (secondary N) is 3. The van der Waals surface area contributed by atoms with Crippen molar-refractivity contribution >= 4 is 44.8 Å². The fourth-order valence-corrected chi connectivity index (χ4v) is 7.22. The monoisotopic (exact) mass is 657 g/mol. The van der Waals surface area contributed by atoms with Crippen LogP contribution in [0.15, 0.2) is 108 Å². The lowest BCUT2D eigenvalue weighted by Gasteiger charge is -2.38. The molecule has 0 aliphatic carbocycles. The first-order valence-corrected chi connectivity index (χ1v) is 17.2. The summed E-state index contributed by atoms with van der Waals surface area (Å²) in [6.07, 6.45) is 0.880. The first-order valence-electron chi connectivity index (χ1n) is 15.3. The van der Waals surface area contributed by atoms with Crippen LogP contribution >= 0.6 is 11.6 Å². The number of hydrogen-bond donors (Lipinski definition) is 3. The minimum absolute atomic E-state index is 0.155. The second kappa shape index (κ2) is 13.9. The molecule has 0 unspecified atom stereocenters. The van der Waals surface area contributed by atoms with E-state index in [0.29, 0.717) is 56.3 Å². The van der Waals surface area contributed by atoms with Crippen molar-refractivity contribution in [3.63, 3.8) is 0 Å². The maximum absolute atomic E-state index is 14.0. The number of amides is 2. The molecule has 1 saturated heterocycles. The third-order valence-corrected chi connectivity index (χ3v) is 10.1. The van der Waals surface area contributed by atoms with Gasteiger partial charge in [0.1, 0.15) is 6.04 Å². The Morgan fingerprint density at radius 2 is 1.48 bits per heavy atom. The first-order chi connectivity index (χ1) is 22.3. The Bertz CT molecular complexity index is 1800. The van der Waals surface area contributed by atoms with Gasteiger partial charge >= 0.3 is 0 Å². The average molecular weight is 658 g/mol. The number of anilines is 2. The third kappa shape index (κ3) is 7.36. The number of carbonyl (C=O) groups is 2. The lowest BCUT2D eigenvalue weighted by atomic mass is 9.95. The van der Waals surface area contributed by atoms with Gasteiger partial charge in [-0.05, 0) is 59.5 Å². The van der Waals surface area contributed by atoms with E-state index < -0.39 is 22.1 Å². The van der Waals surface area contributed by atoms with E-state index in [1.807, 2.05) is 42.5 Å². The molecule has 6 rings (SSSR count). The van der Waals surface area contributed by atoms with Crippen molar-refractivity contribution in [3.8, 4) is 0 Å². The molecule has 0 spiro atoms. The van der Waals surface area contributed by atoms with Gasteiger partial charge in [-0.1, -0.05) is 78.3 Å². The van der Waals surface area contributed by atoms with Crippen molar-refractivity contribution in [1.29, 1.82) is 0 Å². The number of rotatable bonds is 9. The molecule has 4 aromatic rings. The second-order valence-electron chi connectivity index (χ2n) is 11.5. The van der Waals surface area contributed by atoms with Gasteiger partial charge in [-0.25, -0.2) is 8.42 Å². The largest absolute Gasteiger partial charge is 0.366 e. The molecule has 2 heterocycles. The van der Waals surface area contributed by atoms with E-state index in [-0.39, 0.29) is 16.7 Å². The van der Waals surface area contributed by atoms with Gasteiger partial charge in [-0.15, -0.1) is 0 Å². The Labute approximate surface area is 274 Å². The van der Waals surface area contributed by atoms with Gasteiger partial charge in [-0.2, -0.15) is 0 Å². The van der Waals surface area contributed by atoms with Crippen molar-refractivity contribution in [1.82, 2.24) is 15.5 Å². The van der Waals surface area contributed by atoms with Crippen LogP contribution in [0.2, 0.25) is 5.02 Å². The zero-order chi connectivity index (χ0) is 32.1. The fraction of sp³-hybridized carbons (Fsp3) is 0.257. The van der Waals surface area contributed by atoms with Crippen LogP contribution in [0.1, 0.15) is 16.7 Å². The summed E-state index contributed by atoms with van der Waals surface area (Å²) in [5.74, 6) is -0.364. The van der Waals surface area contributed by atoms with Crippen molar-refractivity contribution < 1.29 is 18.0 Å². The normalized spacial score (nSPS) is 17.1. The maximum atomic E-state index is 14.0. The zero-order valence-corrected chi connectivity index (χ0v) is 26.8. The molecule has 0 radical (unpaired) electrons. The summed E-state index contributed by atoms with van der Waals surface area (Å²) in [6, 6.07) is 29.7. The molecule has 0 bridgehead atoms. The standard InChI is InChI=1S/C35H36ClN5O4S/c36-28-16-14-25(15-17-28)22-32(38-34(42)31-23-26-8-4-5-9-27(26)24-37-31)35(43)41-20-18-40(19-21-41)33-13-7-6-12-30(33)39-46(44,45)29-10-2-1-3-11-29/h1-17,31-32,37,39H,18-24H2,(H,38,42)/t31-,32+/m0/s1. The van der Waals surface area contributed by atoms with E-state index in [1.54, 1.807) is 59.5 Å². The highest BCUT2D eigenvalue weighted by Crippen LogP contribution is 2.29. The minimum atomic E-state index is -3.77. The minimum Gasteiger partial charge on any atom is -0.366 e. The van der Waals surface area contributed by atoms with E-state index in [0.717, 1.165) is 16.8 Å². The number of halogens is 1. The average Bonchev–Trinajstić information content (AvgIpc) is 3.09. The van der Waals surface area contributed by atoms with Crippen LogP contribution in [0.3, 0.4) is 0 Å². The molecule has 2 atom stereocenters. The predicted octanol–water partition coefficient (Wildman–Crippen LogP) is 4.23. The van der Waals surface area contributed by atoms with Crippen LogP contribution < -0.4 is 20.3 Å². The van der Waals surface area contributed by atoms with Gasteiger partial charge in [0.15, 0.2) is 0 Å². The van der Waals surface area contributed by atoms with Crippen LogP contribution in [-0.2, 0) is 39.0 Å². The summed E-state index contributed by atoms with van der Waals surface area (Å²) in [6.45, 7) is 2.42. The van der Waals surface area contributed by atoms with Gasteiger partial charge < -0.3 is 20.4 Å². The molecule has 11 heteroatoms. The lowest BCUT2D eigenvalue weighted by Crippen LogP contribution is -2.58. The van der Waals surface area contributed by atoms with Crippen molar-refractivity contribution in [3.05, 3.63) is 125 Å². The van der Waals surface area contributed by atoms with Gasteiger partial charge in [0.05, 0.1) is 22.3 Å². The molecule has 238 valence electrons. The van der Waals surface area contributed by atoms with Gasteiger partial charge in [-0.3, -0.25) is 14.3 Å². The van der Waals surface area contributed by atoms with Crippen molar-refractivity contribution in [2.24, 2.45) is 0 Å². The van der Waals surface area contributed by atoms with E-state index in [4.69, 9.17) is 11.6 Å². The SMILES string of the molecule is O=C(N[C@H](Cc1ccc(Cl)cc1)C(=O)N1CCN(c2ccccc2NS(=O)(=O)c2ccccc2)CC1)[C@@H]1Cc2ccccc2CN1. The fourth-order valence-electron chi connectivity index (χ4n) is 6.00. The summed E-state index contributed by atoms with van der Waals surface area (Å²) in [5.41, 5.74) is 4.41. The molecule has 46 heavy (non-hydrogen) atoms. The Balaban J connectivity index is 1.14. The van der Waals surface area contributed by atoms with E-state index in [9.17, 15) is 18.0 Å². The second-order valence-corrected chi connectivity index (χ2v) is 13.7. The third-order valence-electron chi connectivity index (χ3n) is 8.50. The number of para-hydroxylation sites is 2. The highest BCUT2D eigenvalue weighted by atomic mass is 35.5. The predicted molar refractivity (Wildman–Crippen MR) is 180 cm³/mol. The molecule has 0 aromatic heterocycles. The van der Waals surface area contributed by atoms with E-state index >= 15 is 0 Å². The molecule has 3 N–H and O–H groups in total. The number of piperazine rings is 1. The number of nitrogens with zero attached hydrogens (tertiary/aromatic N) is 2. The van der Waals surface area contributed by atoms with Crippen LogP contribution in [0.4, 0.5) is 11.4 Å². The summed E-state index contributed by atoms with van der Waals surface area (Å²) in [5, 5.41) is 6.97. The summed E-state index contributed by atoms with van der Waals surface area (Å²) < 4.78 is 28.8. The van der Waals surface area contributed by atoms with Crippen molar-refractivity contribution in [2.45, 2.75) is 36.4 Å². The molecular formula is C35H36ClN5O4S. The maximum Gasteiger partial charge on any atom is 0.261 e. The van der Waals surface area contributed by atoms with E-state index in [1.165, 1.54) is 5.56 Å². The van der Waals surface area contributed by atoms with Crippen molar-refractivity contribution in [2.75, 3.05) is 35.8 Å². The lowest BCUT2D eigenvalue weighted by molar-refractivity contribution is -0.137. The van der Waals surface area contributed by atoms with Crippen LogP contribution in [-0.4, -0.2) is 63.4 Å². The summed E-state index contributed by atoms with van der Waals surface area (Å²) >= 11 is 6.11. The number of fused-ring (bicyclic) bond motifs is 1. The van der Waals surface area contributed by atoms with E-state index in [2.05, 4.69) is 26.3 Å². The highest BCUT2D eigenvalue weighted by Gasteiger charge is 2.32. The molecule has 2 amide bonds. The van der Waals surface area contributed by atoms with Crippen LogP contribution in [0.5, 0.6) is 0 Å². The quantitative estimate of drug-likeness (QED) is 0.249. The topological polar surface area (TPSA) is 111 Å². The molecule has 4 aromatic carbocycles. The highest BCUT2D eigenvalue weighted by molar-refractivity contribution is 7.92. The van der Waals surface area contributed by atoms with Crippen LogP contribution in [0.25, 0.3) is 0 Å².